The van der Waals surface area contributed by atoms with Gasteiger partial charge in [0.15, 0.2) is 0 Å². The number of nitro groups is 1. The summed E-state index contributed by atoms with van der Waals surface area (Å²) in [6, 6.07) is 3.75. The van der Waals surface area contributed by atoms with E-state index in [4.69, 9.17) is 11.6 Å². The highest BCUT2D eigenvalue weighted by molar-refractivity contribution is 6.31. The second-order valence-corrected chi connectivity index (χ2v) is 3.79. The van der Waals surface area contributed by atoms with Crippen molar-refractivity contribution in [3.8, 4) is 0 Å². The van der Waals surface area contributed by atoms with Crippen molar-refractivity contribution in [1.82, 2.24) is 0 Å². The topological polar surface area (TPSA) is 80.4 Å². The van der Waals surface area contributed by atoms with Crippen LogP contribution in [0.5, 0.6) is 0 Å². The summed E-state index contributed by atoms with van der Waals surface area (Å²) in [5.74, 6) is -0.213. The van der Waals surface area contributed by atoms with E-state index in [1.807, 2.05) is 0 Å². The Morgan fingerprint density at radius 3 is 2.75 bits per heavy atom. The van der Waals surface area contributed by atoms with Crippen LogP contribution in [0.2, 0.25) is 5.02 Å². The molecule has 0 aliphatic carbocycles. The Morgan fingerprint density at radius 2 is 2.25 bits per heavy atom. The van der Waals surface area contributed by atoms with E-state index >= 15 is 0 Å². The predicted molar refractivity (Wildman–Crippen MR) is 58.4 cm³/mol. The number of carbonyl (C=O) groups is 1. The number of nitro benzene ring substituents is 1. The third kappa shape index (κ3) is 3.01. The zero-order valence-corrected chi connectivity index (χ0v) is 9.27. The summed E-state index contributed by atoms with van der Waals surface area (Å²) in [6.45, 7) is 1.33. The van der Waals surface area contributed by atoms with Crippen molar-refractivity contribution in [2.75, 3.05) is 0 Å². The standard InChI is InChI=1S/C10H10ClNO4/c1-6(13)4-10(14)8-5-7(12(15)16)2-3-9(8)11/h2-3,5,10,14H,4H2,1H3/t10-/m1/s1. The van der Waals surface area contributed by atoms with Crippen LogP contribution >= 0.6 is 11.6 Å². The van der Waals surface area contributed by atoms with Gasteiger partial charge in [-0.05, 0) is 13.0 Å². The summed E-state index contributed by atoms with van der Waals surface area (Å²) >= 11 is 5.79. The smallest absolute Gasteiger partial charge is 0.269 e. The molecule has 0 saturated heterocycles. The van der Waals surface area contributed by atoms with Crippen LogP contribution in [0.15, 0.2) is 18.2 Å². The lowest BCUT2D eigenvalue weighted by molar-refractivity contribution is -0.385. The van der Waals surface area contributed by atoms with Crippen LogP contribution in [-0.2, 0) is 4.79 Å². The SMILES string of the molecule is CC(=O)C[C@@H](O)c1cc([N+](=O)[O-])ccc1Cl. The maximum absolute atomic E-state index is 10.8. The molecule has 0 aliphatic heterocycles. The van der Waals surface area contributed by atoms with Crippen molar-refractivity contribution < 1.29 is 14.8 Å². The first kappa shape index (κ1) is 12.6. The summed E-state index contributed by atoms with van der Waals surface area (Å²) in [5.41, 5.74) is 0.0352. The fourth-order valence-electron chi connectivity index (χ4n) is 1.28. The minimum absolute atomic E-state index is 0.110. The Bertz CT molecular complexity index is 433. The maximum Gasteiger partial charge on any atom is 0.269 e. The van der Waals surface area contributed by atoms with E-state index in [1.54, 1.807) is 0 Å². The largest absolute Gasteiger partial charge is 0.388 e. The average Bonchev–Trinajstić information content (AvgIpc) is 2.16. The first-order chi connectivity index (χ1) is 7.41. The summed E-state index contributed by atoms with van der Waals surface area (Å²) in [7, 11) is 0. The van der Waals surface area contributed by atoms with Crippen molar-refractivity contribution in [2.24, 2.45) is 0 Å². The molecule has 0 fully saturated rings. The Morgan fingerprint density at radius 1 is 1.62 bits per heavy atom. The van der Waals surface area contributed by atoms with E-state index in [-0.39, 0.29) is 28.5 Å². The Balaban J connectivity index is 3.06. The highest BCUT2D eigenvalue weighted by Gasteiger charge is 2.17. The van der Waals surface area contributed by atoms with Gasteiger partial charge in [0.05, 0.1) is 11.0 Å². The van der Waals surface area contributed by atoms with Gasteiger partial charge in [-0.1, -0.05) is 11.6 Å². The van der Waals surface area contributed by atoms with Gasteiger partial charge in [-0.25, -0.2) is 0 Å². The molecule has 1 atom stereocenters. The number of hydrogen-bond acceptors (Lipinski definition) is 4. The maximum atomic E-state index is 10.8. The quantitative estimate of drug-likeness (QED) is 0.650. The molecule has 16 heavy (non-hydrogen) atoms. The summed E-state index contributed by atoms with van der Waals surface area (Å²) in [5, 5.41) is 20.4. The molecule has 0 saturated carbocycles. The second kappa shape index (κ2) is 5.05. The van der Waals surface area contributed by atoms with E-state index < -0.39 is 11.0 Å². The minimum atomic E-state index is -1.11. The Labute approximate surface area is 96.8 Å². The van der Waals surface area contributed by atoms with Gasteiger partial charge in [-0.2, -0.15) is 0 Å². The first-order valence-electron chi connectivity index (χ1n) is 4.53. The van der Waals surface area contributed by atoms with Crippen LogP contribution in [0.1, 0.15) is 25.0 Å². The van der Waals surface area contributed by atoms with Gasteiger partial charge in [0, 0.05) is 29.1 Å². The number of aliphatic hydroxyl groups excluding tert-OH is 1. The molecular weight excluding hydrogens is 234 g/mol. The van der Waals surface area contributed by atoms with Crippen molar-refractivity contribution in [3.05, 3.63) is 38.9 Å². The molecule has 1 aromatic carbocycles. The lowest BCUT2D eigenvalue weighted by Crippen LogP contribution is -2.04. The van der Waals surface area contributed by atoms with E-state index in [9.17, 15) is 20.0 Å². The number of Topliss-reactive ketones (excluding diaryl/α,β-unsaturated/α-hetero) is 1. The Hall–Kier alpha value is -1.46. The number of non-ortho nitro benzene ring substituents is 1. The lowest BCUT2D eigenvalue weighted by atomic mass is 10.0. The molecule has 0 aromatic heterocycles. The molecule has 1 aromatic rings. The van der Waals surface area contributed by atoms with Gasteiger partial charge in [-0.3, -0.25) is 14.9 Å². The molecule has 0 spiro atoms. The fourth-order valence-corrected chi connectivity index (χ4v) is 1.53. The molecule has 0 bridgehead atoms. The van der Waals surface area contributed by atoms with Gasteiger partial charge in [0.1, 0.15) is 5.78 Å². The molecule has 86 valence electrons. The molecule has 1 N–H and O–H groups in total. The summed E-state index contributed by atoms with van der Waals surface area (Å²) in [4.78, 5) is 20.8. The lowest BCUT2D eigenvalue weighted by Gasteiger charge is -2.10. The molecule has 0 heterocycles. The average molecular weight is 244 g/mol. The zero-order valence-electron chi connectivity index (χ0n) is 8.51. The van der Waals surface area contributed by atoms with Crippen molar-refractivity contribution in [3.63, 3.8) is 0 Å². The van der Waals surface area contributed by atoms with Crippen LogP contribution in [0.25, 0.3) is 0 Å². The van der Waals surface area contributed by atoms with E-state index in [1.165, 1.54) is 25.1 Å². The van der Waals surface area contributed by atoms with Crippen LogP contribution in [0.4, 0.5) is 5.69 Å². The molecule has 0 aliphatic rings. The number of nitrogens with zero attached hydrogens (tertiary/aromatic N) is 1. The van der Waals surface area contributed by atoms with Gasteiger partial charge in [-0.15, -0.1) is 0 Å². The van der Waals surface area contributed by atoms with Crippen LogP contribution < -0.4 is 0 Å². The van der Waals surface area contributed by atoms with E-state index in [0.717, 1.165) is 0 Å². The normalized spacial score (nSPS) is 12.2. The van der Waals surface area contributed by atoms with Crippen molar-refractivity contribution >= 4 is 23.1 Å². The van der Waals surface area contributed by atoms with Crippen LogP contribution in [-0.4, -0.2) is 15.8 Å². The second-order valence-electron chi connectivity index (χ2n) is 3.38. The van der Waals surface area contributed by atoms with Crippen molar-refractivity contribution in [1.29, 1.82) is 0 Å². The Kier molecular flexibility index (Phi) is 3.98. The van der Waals surface area contributed by atoms with Gasteiger partial charge in [0.25, 0.3) is 5.69 Å². The fraction of sp³-hybridized carbons (Fsp3) is 0.300. The minimum Gasteiger partial charge on any atom is -0.388 e. The van der Waals surface area contributed by atoms with Gasteiger partial charge in [0.2, 0.25) is 0 Å². The molecule has 1 rings (SSSR count). The van der Waals surface area contributed by atoms with Gasteiger partial charge >= 0.3 is 0 Å². The zero-order chi connectivity index (χ0) is 12.3. The number of benzene rings is 1. The van der Waals surface area contributed by atoms with Crippen LogP contribution in [0, 0.1) is 10.1 Å². The predicted octanol–water partition coefficient (Wildman–Crippen LogP) is 2.26. The first-order valence-corrected chi connectivity index (χ1v) is 4.91. The third-order valence-electron chi connectivity index (χ3n) is 2.03. The monoisotopic (exact) mass is 243 g/mol. The molecule has 0 amide bonds. The van der Waals surface area contributed by atoms with Crippen molar-refractivity contribution in [2.45, 2.75) is 19.4 Å². The highest BCUT2D eigenvalue weighted by atomic mass is 35.5. The summed E-state index contributed by atoms with van der Waals surface area (Å²) in [6.07, 6.45) is -1.22. The number of aliphatic hydroxyl groups is 1. The molecule has 6 heteroatoms. The van der Waals surface area contributed by atoms with E-state index in [0.29, 0.717) is 0 Å². The number of carbonyl (C=O) groups excluding carboxylic acids is 1. The number of ketones is 1. The number of halogens is 1. The summed E-state index contributed by atoms with van der Waals surface area (Å²) < 4.78 is 0. The molecule has 0 radical (unpaired) electrons. The highest BCUT2D eigenvalue weighted by Crippen LogP contribution is 2.29. The number of hydrogen-bond donors (Lipinski definition) is 1. The van der Waals surface area contributed by atoms with E-state index in [2.05, 4.69) is 0 Å². The number of rotatable bonds is 4. The van der Waals surface area contributed by atoms with Crippen LogP contribution in [0.3, 0.4) is 0 Å². The molecule has 0 unspecified atom stereocenters. The van der Waals surface area contributed by atoms with Gasteiger partial charge < -0.3 is 5.11 Å². The molecule has 5 nitrogen and oxygen atoms in total. The third-order valence-corrected chi connectivity index (χ3v) is 2.37. The molecular formula is C10H10ClNO4.